The van der Waals surface area contributed by atoms with Crippen molar-refractivity contribution in [3.05, 3.63) is 29.3 Å². The molecule has 1 unspecified atom stereocenters. The first-order chi connectivity index (χ1) is 8.66. The number of hydrogen-bond acceptors (Lipinski definition) is 2. The molecule has 2 heteroatoms. The second-order valence-corrected chi connectivity index (χ2v) is 5.65. The molecule has 1 aliphatic rings. The van der Waals surface area contributed by atoms with Gasteiger partial charge in [-0.1, -0.05) is 18.6 Å². The van der Waals surface area contributed by atoms with Crippen molar-refractivity contribution in [3.63, 3.8) is 0 Å². The van der Waals surface area contributed by atoms with E-state index in [-0.39, 0.29) is 0 Å². The van der Waals surface area contributed by atoms with Crippen LogP contribution in [0.2, 0.25) is 0 Å². The van der Waals surface area contributed by atoms with Crippen LogP contribution in [-0.2, 0) is 0 Å². The van der Waals surface area contributed by atoms with Crippen LogP contribution in [0.3, 0.4) is 0 Å². The van der Waals surface area contributed by atoms with Crippen molar-refractivity contribution in [3.8, 4) is 0 Å². The van der Waals surface area contributed by atoms with Gasteiger partial charge in [0.1, 0.15) is 0 Å². The molecule has 2 rings (SSSR count). The standard InChI is InChI=1S/C16H26N2/c1-13-7-8-14(2)16(12-13)18(3)11-9-15-6-4-5-10-17-15/h7-8,12,15,17H,4-6,9-11H2,1-3H3. The second kappa shape index (κ2) is 6.24. The van der Waals surface area contributed by atoms with Gasteiger partial charge in [0, 0.05) is 25.3 Å². The monoisotopic (exact) mass is 246 g/mol. The minimum atomic E-state index is 0.728. The van der Waals surface area contributed by atoms with Crippen LogP contribution < -0.4 is 10.2 Å². The molecule has 1 aromatic carbocycles. The molecule has 1 aliphatic heterocycles. The SMILES string of the molecule is Cc1ccc(C)c(N(C)CCC2CCCCN2)c1. The van der Waals surface area contributed by atoms with Gasteiger partial charge < -0.3 is 10.2 Å². The van der Waals surface area contributed by atoms with Crippen LogP contribution in [-0.4, -0.2) is 26.2 Å². The summed E-state index contributed by atoms with van der Waals surface area (Å²) in [7, 11) is 2.21. The molecule has 1 N–H and O–H groups in total. The first-order valence-electron chi connectivity index (χ1n) is 7.18. The highest BCUT2D eigenvalue weighted by atomic mass is 15.1. The smallest absolute Gasteiger partial charge is 0.0395 e. The van der Waals surface area contributed by atoms with Crippen molar-refractivity contribution in [1.82, 2.24) is 5.32 Å². The Balaban J connectivity index is 1.90. The Morgan fingerprint density at radius 3 is 2.83 bits per heavy atom. The topological polar surface area (TPSA) is 15.3 Å². The number of hydrogen-bond donors (Lipinski definition) is 1. The second-order valence-electron chi connectivity index (χ2n) is 5.65. The van der Waals surface area contributed by atoms with Crippen molar-refractivity contribution in [1.29, 1.82) is 0 Å². The summed E-state index contributed by atoms with van der Waals surface area (Å²) in [6.07, 6.45) is 5.35. The van der Waals surface area contributed by atoms with E-state index in [9.17, 15) is 0 Å². The Hall–Kier alpha value is -1.02. The summed E-state index contributed by atoms with van der Waals surface area (Å²) in [5, 5.41) is 3.63. The lowest BCUT2D eigenvalue weighted by Crippen LogP contribution is -2.36. The molecule has 0 radical (unpaired) electrons. The third-order valence-corrected chi connectivity index (χ3v) is 4.00. The maximum absolute atomic E-state index is 3.63. The molecular weight excluding hydrogens is 220 g/mol. The zero-order valence-electron chi connectivity index (χ0n) is 12.0. The fraction of sp³-hybridized carbons (Fsp3) is 0.625. The van der Waals surface area contributed by atoms with Gasteiger partial charge in [0.05, 0.1) is 0 Å². The summed E-state index contributed by atoms with van der Waals surface area (Å²) in [6.45, 7) is 6.71. The lowest BCUT2D eigenvalue weighted by Gasteiger charge is -2.27. The van der Waals surface area contributed by atoms with Crippen molar-refractivity contribution in [2.45, 2.75) is 45.6 Å². The molecule has 18 heavy (non-hydrogen) atoms. The molecule has 1 atom stereocenters. The molecule has 0 aliphatic carbocycles. The van der Waals surface area contributed by atoms with E-state index in [1.165, 1.54) is 49.0 Å². The molecule has 1 fully saturated rings. The van der Waals surface area contributed by atoms with E-state index in [0.717, 1.165) is 12.6 Å². The van der Waals surface area contributed by atoms with Crippen molar-refractivity contribution in [2.75, 3.05) is 25.0 Å². The van der Waals surface area contributed by atoms with Gasteiger partial charge in [-0.3, -0.25) is 0 Å². The fourth-order valence-corrected chi connectivity index (χ4v) is 2.77. The van der Waals surface area contributed by atoms with E-state index < -0.39 is 0 Å². The van der Waals surface area contributed by atoms with Crippen LogP contribution in [0.1, 0.15) is 36.8 Å². The maximum atomic E-state index is 3.63. The highest BCUT2D eigenvalue weighted by molar-refractivity contribution is 5.54. The number of piperidine rings is 1. The third kappa shape index (κ3) is 3.49. The third-order valence-electron chi connectivity index (χ3n) is 4.00. The first-order valence-corrected chi connectivity index (χ1v) is 7.18. The number of anilines is 1. The van der Waals surface area contributed by atoms with Gasteiger partial charge in [-0.25, -0.2) is 0 Å². The molecular formula is C16H26N2. The van der Waals surface area contributed by atoms with Crippen molar-refractivity contribution < 1.29 is 0 Å². The average molecular weight is 246 g/mol. The summed E-state index contributed by atoms with van der Waals surface area (Å²) < 4.78 is 0. The van der Waals surface area contributed by atoms with Gasteiger partial charge in [-0.05, 0) is 56.8 Å². The highest BCUT2D eigenvalue weighted by Crippen LogP contribution is 2.21. The summed E-state index contributed by atoms with van der Waals surface area (Å²) >= 11 is 0. The van der Waals surface area contributed by atoms with E-state index in [0.29, 0.717) is 0 Å². The molecule has 1 saturated heterocycles. The van der Waals surface area contributed by atoms with Crippen LogP contribution in [0, 0.1) is 13.8 Å². The number of rotatable bonds is 4. The highest BCUT2D eigenvalue weighted by Gasteiger charge is 2.13. The van der Waals surface area contributed by atoms with Gasteiger partial charge in [-0.15, -0.1) is 0 Å². The van der Waals surface area contributed by atoms with E-state index in [1.807, 2.05) is 0 Å². The lowest BCUT2D eigenvalue weighted by atomic mass is 10.0. The van der Waals surface area contributed by atoms with Crippen LogP contribution in [0.25, 0.3) is 0 Å². The largest absolute Gasteiger partial charge is 0.374 e. The quantitative estimate of drug-likeness (QED) is 0.877. The minimum absolute atomic E-state index is 0.728. The summed E-state index contributed by atoms with van der Waals surface area (Å²) in [5.74, 6) is 0. The molecule has 0 spiro atoms. The summed E-state index contributed by atoms with van der Waals surface area (Å²) in [5.41, 5.74) is 4.10. The molecule has 100 valence electrons. The van der Waals surface area contributed by atoms with Crippen LogP contribution >= 0.6 is 0 Å². The molecule has 0 amide bonds. The Morgan fingerprint density at radius 2 is 2.11 bits per heavy atom. The Morgan fingerprint density at radius 1 is 1.28 bits per heavy atom. The minimum Gasteiger partial charge on any atom is -0.374 e. The molecule has 1 heterocycles. The van der Waals surface area contributed by atoms with Crippen LogP contribution in [0.4, 0.5) is 5.69 Å². The van der Waals surface area contributed by atoms with E-state index in [2.05, 4.69) is 49.3 Å². The van der Waals surface area contributed by atoms with Crippen molar-refractivity contribution >= 4 is 5.69 Å². The fourth-order valence-electron chi connectivity index (χ4n) is 2.77. The van der Waals surface area contributed by atoms with Gasteiger partial charge in [0.2, 0.25) is 0 Å². The zero-order valence-corrected chi connectivity index (χ0v) is 12.0. The number of nitrogens with one attached hydrogen (secondary N) is 1. The van der Waals surface area contributed by atoms with Crippen LogP contribution in [0.15, 0.2) is 18.2 Å². The Bertz CT molecular complexity index is 381. The molecule has 0 saturated carbocycles. The van der Waals surface area contributed by atoms with E-state index in [4.69, 9.17) is 0 Å². The van der Waals surface area contributed by atoms with Gasteiger partial charge in [-0.2, -0.15) is 0 Å². The molecule has 2 nitrogen and oxygen atoms in total. The lowest BCUT2D eigenvalue weighted by molar-refractivity contribution is 0.384. The Kier molecular flexibility index (Phi) is 4.65. The van der Waals surface area contributed by atoms with E-state index in [1.54, 1.807) is 0 Å². The summed E-state index contributed by atoms with van der Waals surface area (Å²) in [4.78, 5) is 2.40. The van der Waals surface area contributed by atoms with E-state index >= 15 is 0 Å². The van der Waals surface area contributed by atoms with Gasteiger partial charge in [0.25, 0.3) is 0 Å². The zero-order chi connectivity index (χ0) is 13.0. The number of aryl methyl sites for hydroxylation is 2. The van der Waals surface area contributed by atoms with Gasteiger partial charge >= 0.3 is 0 Å². The Labute approximate surface area is 111 Å². The number of benzene rings is 1. The molecule has 0 bridgehead atoms. The predicted molar refractivity (Wildman–Crippen MR) is 79.4 cm³/mol. The summed E-state index contributed by atoms with van der Waals surface area (Å²) in [6, 6.07) is 7.44. The van der Waals surface area contributed by atoms with Crippen LogP contribution in [0.5, 0.6) is 0 Å². The number of nitrogens with zero attached hydrogens (tertiary/aromatic N) is 1. The average Bonchev–Trinajstić information content (AvgIpc) is 2.40. The van der Waals surface area contributed by atoms with Gasteiger partial charge in [0.15, 0.2) is 0 Å². The molecule has 0 aromatic heterocycles. The first kappa shape index (κ1) is 13.4. The van der Waals surface area contributed by atoms with Crippen molar-refractivity contribution in [2.24, 2.45) is 0 Å². The molecule has 1 aromatic rings. The normalized spacial score (nSPS) is 19.8. The predicted octanol–water partition coefficient (Wildman–Crippen LogP) is 3.27. The maximum Gasteiger partial charge on any atom is 0.0395 e.